The van der Waals surface area contributed by atoms with Gasteiger partial charge in [-0.05, 0) is 52.2 Å². The minimum absolute atomic E-state index is 0.00648. The van der Waals surface area contributed by atoms with Crippen molar-refractivity contribution in [3.8, 4) is 0 Å². The van der Waals surface area contributed by atoms with Crippen LogP contribution in [0.15, 0.2) is 97.1 Å². The molecule has 5 rings (SSSR count). The van der Waals surface area contributed by atoms with Crippen molar-refractivity contribution in [2.45, 2.75) is 51.2 Å². The zero-order chi connectivity index (χ0) is 28.3. The molecule has 5 atom stereocenters. The second-order valence-electron chi connectivity index (χ2n) is 12.2. The predicted octanol–water partition coefficient (Wildman–Crippen LogP) is 5.19. The third kappa shape index (κ3) is 5.71. The van der Waals surface area contributed by atoms with Gasteiger partial charge in [-0.2, -0.15) is 0 Å². The number of esters is 1. The van der Waals surface area contributed by atoms with Crippen LogP contribution in [0.25, 0.3) is 0 Å². The van der Waals surface area contributed by atoms with E-state index in [4.69, 9.17) is 13.9 Å². The van der Waals surface area contributed by atoms with Crippen molar-refractivity contribution in [1.29, 1.82) is 0 Å². The summed E-state index contributed by atoms with van der Waals surface area (Å²) in [5, 5.41) is 2.48. The molecule has 5 unspecified atom stereocenters. The fraction of sp³-hybridized carbons (Fsp3) is 0.382. The number of halogens is 1. The zero-order valence-corrected chi connectivity index (χ0v) is 24.9. The largest absolute Gasteiger partial charge is 0.466 e. The monoisotopic (exact) mass is 558 g/mol. The number of hydrogen-bond donors (Lipinski definition) is 0. The van der Waals surface area contributed by atoms with Gasteiger partial charge in [0.1, 0.15) is 5.82 Å². The highest BCUT2D eigenvalue weighted by Gasteiger charge is 2.62. The van der Waals surface area contributed by atoms with Crippen LogP contribution in [0.5, 0.6) is 0 Å². The molecule has 210 valence electrons. The van der Waals surface area contributed by atoms with Gasteiger partial charge in [0.25, 0.3) is 0 Å². The van der Waals surface area contributed by atoms with Gasteiger partial charge in [0.05, 0.1) is 25.9 Å². The van der Waals surface area contributed by atoms with Crippen molar-refractivity contribution < 1.29 is 23.1 Å². The van der Waals surface area contributed by atoms with Crippen LogP contribution < -0.4 is 10.4 Å². The Hall–Kier alpha value is -3.06. The quantitative estimate of drug-likeness (QED) is 0.206. The maximum atomic E-state index is 14.0. The Kier molecular flexibility index (Phi) is 8.41. The zero-order valence-electron chi connectivity index (χ0n) is 23.8. The van der Waals surface area contributed by atoms with Crippen molar-refractivity contribution in [3.63, 3.8) is 0 Å². The highest BCUT2D eigenvalue weighted by Crippen LogP contribution is 2.59. The molecule has 1 heterocycles. The van der Waals surface area contributed by atoms with E-state index in [1.807, 2.05) is 30.3 Å². The fourth-order valence-electron chi connectivity index (χ4n) is 6.85. The molecule has 0 amide bonds. The number of ether oxygens (including phenoxy) is 2. The van der Waals surface area contributed by atoms with Gasteiger partial charge in [-0.3, -0.25) is 0 Å². The van der Waals surface area contributed by atoms with Crippen LogP contribution in [0, 0.1) is 23.1 Å². The van der Waals surface area contributed by atoms with Gasteiger partial charge in [0.15, 0.2) is 0 Å². The van der Waals surface area contributed by atoms with Gasteiger partial charge in [-0.1, -0.05) is 99.6 Å². The van der Waals surface area contributed by atoms with Crippen LogP contribution >= 0.6 is 0 Å². The molecule has 1 saturated heterocycles. The molecule has 1 aliphatic heterocycles. The minimum Gasteiger partial charge on any atom is -0.466 e. The van der Waals surface area contributed by atoms with Crippen LogP contribution in [0.4, 0.5) is 4.39 Å². The average Bonchev–Trinajstić information content (AvgIpc) is 3.52. The predicted molar refractivity (Wildman–Crippen MR) is 159 cm³/mol. The first-order valence-electron chi connectivity index (χ1n) is 14.1. The van der Waals surface area contributed by atoms with Crippen molar-refractivity contribution in [2.24, 2.45) is 17.3 Å². The topological polar surface area (TPSA) is 44.8 Å². The molecular formula is C34H39FO4Si. The lowest BCUT2D eigenvalue weighted by atomic mass is 9.66. The van der Waals surface area contributed by atoms with E-state index in [0.717, 1.165) is 12.0 Å². The number of benzene rings is 3. The molecule has 40 heavy (non-hydrogen) atoms. The first-order valence-corrected chi connectivity index (χ1v) is 15.7. The van der Waals surface area contributed by atoms with Gasteiger partial charge in [-0.25, -0.2) is 9.18 Å². The molecule has 2 aliphatic rings. The Morgan fingerprint density at radius 1 is 1.02 bits per heavy atom. The Labute approximate surface area is 238 Å². The van der Waals surface area contributed by atoms with E-state index in [0.29, 0.717) is 13.0 Å². The van der Waals surface area contributed by atoms with E-state index >= 15 is 0 Å². The summed E-state index contributed by atoms with van der Waals surface area (Å²) in [6, 6.07) is 28.0. The summed E-state index contributed by atoms with van der Waals surface area (Å²) in [6.07, 6.45) is 4.87. The summed E-state index contributed by atoms with van der Waals surface area (Å²) in [7, 11) is -0.673. The molecule has 4 nitrogen and oxygen atoms in total. The van der Waals surface area contributed by atoms with Gasteiger partial charge in [-0.15, -0.1) is 0 Å². The number of fused-ring (bicyclic) bond motifs is 2. The lowest BCUT2D eigenvalue weighted by Crippen LogP contribution is -2.55. The Morgan fingerprint density at radius 2 is 1.62 bits per heavy atom. The summed E-state index contributed by atoms with van der Waals surface area (Å²) in [4.78, 5) is 12.0. The van der Waals surface area contributed by atoms with Crippen LogP contribution in [0.2, 0.25) is 0 Å². The molecule has 2 bridgehead atoms. The molecule has 3 aromatic rings. The normalized spacial score (nSPS) is 25.0. The molecular weight excluding hydrogens is 519 g/mol. The maximum Gasteiger partial charge on any atom is 0.330 e. The number of methoxy groups -OCH3 is 1. The lowest BCUT2D eigenvalue weighted by Gasteiger charge is -2.47. The van der Waals surface area contributed by atoms with Crippen LogP contribution in [-0.4, -0.2) is 40.9 Å². The van der Waals surface area contributed by atoms with E-state index in [1.165, 1.54) is 35.7 Å². The van der Waals surface area contributed by atoms with Gasteiger partial charge < -0.3 is 13.9 Å². The SMILES string of the molecule is COC(=O)/C=C/CC1C(C(O[SiH](c2ccccc2)c2ccccc2)C(C)(C)C)C2CC1(c1ccc(F)cc1)CO2. The third-order valence-corrected chi connectivity index (χ3v) is 11.2. The Bertz CT molecular complexity index is 1270. The van der Waals surface area contributed by atoms with E-state index in [1.54, 1.807) is 0 Å². The van der Waals surface area contributed by atoms with Crippen LogP contribution in [-0.2, 0) is 24.1 Å². The van der Waals surface area contributed by atoms with E-state index in [9.17, 15) is 9.18 Å². The van der Waals surface area contributed by atoms with Crippen molar-refractivity contribution in [3.05, 3.63) is 108 Å². The maximum absolute atomic E-state index is 14.0. The fourth-order valence-corrected chi connectivity index (χ4v) is 9.58. The number of hydrogen-bond acceptors (Lipinski definition) is 4. The summed E-state index contributed by atoms with van der Waals surface area (Å²) < 4.78 is 32.7. The first kappa shape index (κ1) is 28.5. The molecule has 2 fully saturated rings. The molecule has 1 aliphatic carbocycles. The third-order valence-electron chi connectivity index (χ3n) is 8.68. The van der Waals surface area contributed by atoms with Gasteiger partial charge in [0.2, 0.25) is 9.04 Å². The number of allylic oxidation sites excluding steroid dienone is 1. The second-order valence-corrected chi connectivity index (χ2v) is 14.6. The number of carbonyl (C=O) groups excluding carboxylic acids is 1. The van der Waals surface area contributed by atoms with Gasteiger partial charge in [0, 0.05) is 17.4 Å². The lowest BCUT2D eigenvalue weighted by molar-refractivity contribution is -0.134. The van der Waals surface area contributed by atoms with Crippen molar-refractivity contribution in [1.82, 2.24) is 0 Å². The standard InChI is InChI=1S/C34H39FO4Si/c1-33(2,3)32(39-40(26-12-7-5-8-13-26)27-14-9-6-10-15-27)31-28(16-11-17-30(36)37-4)34(22-29(31)38-23-34)24-18-20-25(35)21-19-24/h5-15,17-21,28-29,31-32,40H,16,22-23H2,1-4H3/b17-11+. The number of carbonyl (C=O) groups is 1. The summed E-state index contributed by atoms with van der Waals surface area (Å²) in [6.45, 7) is 7.32. The van der Waals surface area contributed by atoms with Gasteiger partial charge >= 0.3 is 5.97 Å². The van der Waals surface area contributed by atoms with E-state index < -0.39 is 9.04 Å². The molecule has 0 radical (unpaired) electrons. The highest BCUT2D eigenvalue weighted by molar-refractivity contribution is 6.80. The van der Waals surface area contributed by atoms with E-state index in [2.05, 4.69) is 69.3 Å². The van der Waals surface area contributed by atoms with Crippen molar-refractivity contribution in [2.75, 3.05) is 13.7 Å². The molecule has 0 aromatic heterocycles. The van der Waals surface area contributed by atoms with E-state index in [-0.39, 0.29) is 46.7 Å². The molecule has 0 N–H and O–H groups in total. The number of rotatable bonds is 9. The highest BCUT2D eigenvalue weighted by atomic mass is 28.3. The summed E-state index contributed by atoms with van der Waals surface area (Å²) in [5.41, 5.74) is 0.622. The molecule has 0 spiro atoms. The van der Waals surface area contributed by atoms with Crippen molar-refractivity contribution >= 4 is 25.4 Å². The molecule has 3 aromatic carbocycles. The Morgan fingerprint density at radius 3 is 2.17 bits per heavy atom. The molecule has 6 heteroatoms. The minimum atomic E-state index is -2.06. The smallest absolute Gasteiger partial charge is 0.330 e. The Balaban J connectivity index is 1.57. The summed E-state index contributed by atoms with van der Waals surface area (Å²) in [5.74, 6) is -0.384. The van der Waals surface area contributed by atoms with Crippen LogP contribution in [0.1, 0.15) is 39.2 Å². The summed E-state index contributed by atoms with van der Waals surface area (Å²) >= 11 is 0. The average molecular weight is 559 g/mol. The first-order chi connectivity index (χ1) is 19.2. The van der Waals surface area contributed by atoms with Crippen LogP contribution in [0.3, 0.4) is 0 Å². The second kappa shape index (κ2) is 11.8. The molecule has 1 saturated carbocycles.